The van der Waals surface area contributed by atoms with Crippen molar-refractivity contribution in [2.24, 2.45) is 0 Å². The Morgan fingerprint density at radius 3 is 2.53 bits per heavy atom. The fraction of sp³-hybridized carbons (Fsp3) is 0.308. The molecule has 0 amide bonds. The first kappa shape index (κ1) is 11.9. The van der Waals surface area contributed by atoms with Gasteiger partial charge in [-0.1, -0.05) is 19.1 Å². The van der Waals surface area contributed by atoms with Crippen LogP contribution in [0.3, 0.4) is 0 Å². The van der Waals surface area contributed by atoms with Crippen LogP contribution in [0.4, 0.5) is 13.2 Å². The molecule has 0 bridgehead atoms. The summed E-state index contributed by atoms with van der Waals surface area (Å²) in [6, 6.07) is 6.04. The standard InChI is InChI=1S/C13H12F3N/c1-3-9-7-8(2)17-12-10(9)5-4-6-11(12)13(14,15)16/h4-7H,3H2,1-2H3. The smallest absolute Gasteiger partial charge is 0.252 e. The minimum Gasteiger partial charge on any atom is -0.252 e. The summed E-state index contributed by atoms with van der Waals surface area (Å²) in [6.45, 7) is 3.64. The van der Waals surface area contributed by atoms with Gasteiger partial charge in [-0.2, -0.15) is 13.2 Å². The molecule has 0 radical (unpaired) electrons. The molecule has 0 spiro atoms. The monoisotopic (exact) mass is 239 g/mol. The van der Waals surface area contributed by atoms with E-state index in [0.29, 0.717) is 17.5 Å². The number of hydrogen-bond acceptors (Lipinski definition) is 1. The van der Waals surface area contributed by atoms with Crippen molar-refractivity contribution < 1.29 is 13.2 Å². The maximum Gasteiger partial charge on any atom is 0.418 e. The first-order valence-electron chi connectivity index (χ1n) is 5.40. The predicted octanol–water partition coefficient (Wildman–Crippen LogP) is 4.12. The van der Waals surface area contributed by atoms with Gasteiger partial charge in [0.05, 0.1) is 11.1 Å². The lowest BCUT2D eigenvalue weighted by Gasteiger charge is -2.12. The molecule has 0 fully saturated rings. The van der Waals surface area contributed by atoms with E-state index in [1.165, 1.54) is 6.07 Å². The number of aromatic nitrogens is 1. The van der Waals surface area contributed by atoms with Crippen LogP contribution in [-0.2, 0) is 12.6 Å². The van der Waals surface area contributed by atoms with Crippen molar-refractivity contribution in [3.05, 3.63) is 41.1 Å². The number of para-hydroxylation sites is 1. The molecular formula is C13H12F3N. The summed E-state index contributed by atoms with van der Waals surface area (Å²) < 4.78 is 38.5. The number of pyridine rings is 1. The molecule has 0 atom stereocenters. The highest BCUT2D eigenvalue weighted by atomic mass is 19.4. The zero-order chi connectivity index (χ0) is 12.6. The van der Waals surface area contributed by atoms with Crippen LogP contribution in [-0.4, -0.2) is 4.98 Å². The lowest BCUT2D eigenvalue weighted by molar-refractivity contribution is -0.136. The van der Waals surface area contributed by atoms with Gasteiger partial charge in [-0.25, -0.2) is 0 Å². The summed E-state index contributed by atoms with van der Waals surface area (Å²) in [5.41, 5.74) is 0.912. The van der Waals surface area contributed by atoms with E-state index in [2.05, 4.69) is 4.98 Å². The molecule has 0 unspecified atom stereocenters. The van der Waals surface area contributed by atoms with Crippen molar-refractivity contribution in [1.82, 2.24) is 4.98 Å². The van der Waals surface area contributed by atoms with Crippen molar-refractivity contribution in [2.75, 3.05) is 0 Å². The van der Waals surface area contributed by atoms with Gasteiger partial charge in [0, 0.05) is 11.1 Å². The molecule has 1 nitrogen and oxygen atoms in total. The maximum absolute atomic E-state index is 12.8. The van der Waals surface area contributed by atoms with Crippen molar-refractivity contribution in [3.63, 3.8) is 0 Å². The zero-order valence-electron chi connectivity index (χ0n) is 9.60. The Hall–Kier alpha value is -1.58. The Balaban J connectivity index is 2.85. The molecule has 1 aromatic heterocycles. The summed E-state index contributed by atoms with van der Waals surface area (Å²) in [5.74, 6) is 0. The molecule has 90 valence electrons. The largest absolute Gasteiger partial charge is 0.418 e. The predicted molar refractivity (Wildman–Crippen MR) is 60.9 cm³/mol. The number of hydrogen-bond donors (Lipinski definition) is 0. The van der Waals surface area contributed by atoms with Gasteiger partial charge in [-0.3, -0.25) is 4.98 Å². The van der Waals surface area contributed by atoms with E-state index in [9.17, 15) is 13.2 Å². The van der Waals surface area contributed by atoms with Crippen LogP contribution in [0.25, 0.3) is 10.9 Å². The van der Waals surface area contributed by atoms with E-state index in [-0.39, 0.29) is 5.52 Å². The molecule has 17 heavy (non-hydrogen) atoms. The number of benzene rings is 1. The highest BCUT2D eigenvalue weighted by Gasteiger charge is 2.33. The first-order valence-corrected chi connectivity index (χ1v) is 5.40. The number of alkyl halides is 3. The average molecular weight is 239 g/mol. The third-order valence-electron chi connectivity index (χ3n) is 2.74. The average Bonchev–Trinajstić information content (AvgIpc) is 2.25. The molecule has 0 saturated carbocycles. The Morgan fingerprint density at radius 2 is 1.94 bits per heavy atom. The third-order valence-corrected chi connectivity index (χ3v) is 2.74. The lowest BCUT2D eigenvalue weighted by Crippen LogP contribution is -2.07. The third kappa shape index (κ3) is 2.12. The minimum atomic E-state index is -4.36. The first-order chi connectivity index (χ1) is 7.93. The van der Waals surface area contributed by atoms with Gasteiger partial charge >= 0.3 is 6.18 Å². The summed E-state index contributed by atoms with van der Waals surface area (Å²) in [7, 11) is 0. The van der Waals surface area contributed by atoms with Crippen molar-refractivity contribution in [1.29, 1.82) is 0 Å². The van der Waals surface area contributed by atoms with Gasteiger partial charge < -0.3 is 0 Å². The number of fused-ring (bicyclic) bond motifs is 1. The summed E-state index contributed by atoms with van der Waals surface area (Å²) in [5, 5.41) is 0.591. The Bertz CT molecular complexity index is 558. The second-order valence-electron chi connectivity index (χ2n) is 3.98. The van der Waals surface area contributed by atoms with Crippen molar-refractivity contribution >= 4 is 10.9 Å². The van der Waals surface area contributed by atoms with Gasteiger partial charge in [-0.05, 0) is 31.0 Å². The second-order valence-corrected chi connectivity index (χ2v) is 3.98. The van der Waals surface area contributed by atoms with Gasteiger partial charge in [0.1, 0.15) is 0 Å². The number of halogens is 3. The fourth-order valence-electron chi connectivity index (χ4n) is 1.98. The van der Waals surface area contributed by atoms with E-state index in [1.54, 1.807) is 13.0 Å². The van der Waals surface area contributed by atoms with E-state index >= 15 is 0 Å². The van der Waals surface area contributed by atoms with Gasteiger partial charge in [0.25, 0.3) is 0 Å². The quantitative estimate of drug-likeness (QED) is 0.729. The fourth-order valence-corrected chi connectivity index (χ4v) is 1.98. The molecule has 0 N–H and O–H groups in total. The molecule has 0 aliphatic carbocycles. The number of nitrogens with zero attached hydrogens (tertiary/aromatic N) is 1. The summed E-state index contributed by atoms with van der Waals surface area (Å²) in [6.07, 6.45) is -3.66. The van der Waals surface area contributed by atoms with Crippen LogP contribution in [0.5, 0.6) is 0 Å². The Morgan fingerprint density at radius 1 is 1.24 bits per heavy atom. The van der Waals surface area contributed by atoms with E-state index in [0.717, 1.165) is 11.6 Å². The highest BCUT2D eigenvalue weighted by molar-refractivity contribution is 5.85. The normalized spacial score (nSPS) is 12.1. The minimum absolute atomic E-state index is 0.0526. The maximum atomic E-state index is 12.8. The topological polar surface area (TPSA) is 12.9 Å². The zero-order valence-corrected chi connectivity index (χ0v) is 9.60. The molecular weight excluding hydrogens is 227 g/mol. The van der Waals surface area contributed by atoms with Crippen LogP contribution in [0.1, 0.15) is 23.7 Å². The molecule has 1 aromatic carbocycles. The number of rotatable bonds is 1. The van der Waals surface area contributed by atoms with E-state index in [1.807, 2.05) is 13.0 Å². The van der Waals surface area contributed by atoms with Crippen LogP contribution < -0.4 is 0 Å². The summed E-state index contributed by atoms with van der Waals surface area (Å²) >= 11 is 0. The van der Waals surface area contributed by atoms with E-state index in [4.69, 9.17) is 0 Å². The SMILES string of the molecule is CCc1cc(C)nc2c(C(F)(F)F)cccc12. The Labute approximate surface area is 97.3 Å². The molecule has 2 aromatic rings. The molecule has 0 aliphatic rings. The highest BCUT2D eigenvalue weighted by Crippen LogP contribution is 2.34. The molecule has 4 heteroatoms. The van der Waals surface area contributed by atoms with Crippen LogP contribution in [0.2, 0.25) is 0 Å². The molecule has 0 saturated heterocycles. The number of aryl methyl sites for hydroxylation is 2. The lowest BCUT2D eigenvalue weighted by atomic mass is 10.0. The molecule has 0 aliphatic heterocycles. The second kappa shape index (κ2) is 4.02. The van der Waals surface area contributed by atoms with Crippen LogP contribution in [0, 0.1) is 6.92 Å². The van der Waals surface area contributed by atoms with Crippen molar-refractivity contribution in [3.8, 4) is 0 Å². The van der Waals surface area contributed by atoms with Gasteiger partial charge in [0.2, 0.25) is 0 Å². The molecule has 1 heterocycles. The van der Waals surface area contributed by atoms with Gasteiger partial charge in [0.15, 0.2) is 0 Å². The van der Waals surface area contributed by atoms with Crippen LogP contribution in [0.15, 0.2) is 24.3 Å². The van der Waals surface area contributed by atoms with Gasteiger partial charge in [-0.15, -0.1) is 0 Å². The van der Waals surface area contributed by atoms with Crippen molar-refractivity contribution in [2.45, 2.75) is 26.4 Å². The van der Waals surface area contributed by atoms with Crippen LogP contribution >= 0.6 is 0 Å². The molecule has 2 rings (SSSR count). The Kier molecular flexibility index (Phi) is 2.81. The summed E-state index contributed by atoms with van der Waals surface area (Å²) in [4.78, 5) is 4.03. The van der Waals surface area contributed by atoms with E-state index < -0.39 is 11.7 Å².